The van der Waals surface area contributed by atoms with Crippen LogP contribution in [0.15, 0.2) is 6.07 Å². The van der Waals surface area contributed by atoms with Crippen molar-refractivity contribution in [2.45, 2.75) is 32.5 Å². The molecule has 2 rings (SSSR count). The fourth-order valence-electron chi connectivity index (χ4n) is 2.80. The summed E-state index contributed by atoms with van der Waals surface area (Å²) >= 11 is 0. The van der Waals surface area contributed by atoms with Crippen LogP contribution in [-0.4, -0.2) is 46.3 Å². The minimum atomic E-state index is -4.56. The summed E-state index contributed by atoms with van der Waals surface area (Å²) in [6.45, 7) is 2.40. The minimum absolute atomic E-state index is 0.0830. The number of piperidine rings is 1. The number of amides is 2. The lowest BCUT2D eigenvalue weighted by atomic mass is 9.97. The highest BCUT2D eigenvalue weighted by Crippen LogP contribution is 2.27. The largest absolute Gasteiger partial charge is 0.433 e. The van der Waals surface area contributed by atoms with Crippen molar-refractivity contribution in [3.05, 3.63) is 23.3 Å². The Bertz CT molecular complexity index is 651. The van der Waals surface area contributed by atoms with Crippen molar-refractivity contribution in [1.29, 1.82) is 0 Å². The molecule has 1 saturated heterocycles. The van der Waals surface area contributed by atoms with Crippen molar-refractivity contribution in [3.63, 3.8) is 0 Å². The first-order valence-corrected chi connectivity index (χ1v) is 7.85. The summed E-state index contributed by atoms with van der Waals surface area (Å²) < 4.78 is 38.3. The van der Waals surface area contributed by atoms with Crippen molar-refractivity contribution in [3.8, 4) is 0 Å². The minimum Gasteiger partial charge on any atom is -0.369 e. The third-order valence-corrected chi connectivity index (χ3v) is 3.87. The predicted molar refractivity (Wildman–Crippen MR) is 82.0 cm³/mol. The Balaban J connectivity index is 1.95. The van der Waals surface area contributed by atoms with Gasteiger partial charge in [0.25, 0.3) is 0 Å². The summed E-state index contributed by atoms with van der Waals surface area (Å²) in [6.07, 6.45) is -3.18. The Morgan fingerprint density at radius 1 is 1.40 bits per heavy atom. The highest BCUT2D eigenvalue weighted by Gasteiger charge is 2.33. The maximum absolute atomic E-state index is 12.8. The molecule has 0 aliphatic carbocycles. The standard InChI is InChI=1S/C15H20F3N5O2/c1-9-5-11(15(16,17)18)22-13(21-9)6-20-14(25)10-3-2-4-23(7-10)8-12(19)24/h5,10H,2-4,6-8H2,1H3,(H2,19,24)(H,20,25). The van der Waals surface area contributed by atoms with Gasteiger partial charge in [-0.1, -0.05) is 0 Å². The molecule has 1 atom stereocenters. The molecule has 1 unspecified atom stereocenters. The van der Waals surface area contributed by atoms with E-state index in [0.717, 1.165) is 12.5 Å². The van der Waals surface area contributed by atoms with Crippen LogP contribution < -0.4 is 11.1 Å². The molecule has 0 radical (unpaired) electrons. The summed E-state index contributed by atoms with van der Waals surface area (Å²) in [5.41, 5.74) is 4.30. The van der Waals surface area contributed by atoms with Gasteiger partial charge in [-0.25, -0.2) is 9.97 Å². The van der Waals surface area contributed by atoms with E-state index in [1.807, 2.05) is 0 Å². The summed E-state index contributed by atoms with van der Waals surface area (Å²) in [4.78, 5) is 32.4. The summed E-state index contributed by atoms with van der Waals surface area (Å²) in [5.74, 6) is -1.20. The van der Waals surface area contributed by atoms with Crippen molar-refractivity contribution in [1.82, 2.24) is 20.2 Å². The summed E-state index contributed by atoms with van der Waals surface area (Å²) in [7, 11) is 0. The van der Waals surface area contributed by atoms with E-state index in [1.54, 1.807) is 4.90 Å². The number of nitrogens with one attached hydrogen (secondary N) is 1. The molecule has 1 aliphatic heterocycles. The number of likely N-dealkylation sites (tertiary alicyclic amines) is 1. The third kappa shape index (κ3) is 5.66. The molecule has 0 bridgehead atoms. The predicted octanol–water partition coefficient (Wildman–Crippen LogP) is 0.617. The Morgan fingerprint density at radius 2 is 2.12 bits per heavy atom. The molecule has 1 fully saturated rings. The molecule has 0 spiro atoms. The van der Waals surface area contributed by atoms with Crippen LogP contribution in [0.1, 0.15) is 30.1 Å². The SMILES string of the molecule is Cc1cc(C(F)(F)F)nc(CNC(=O)C2CCCN(CC(N)=O)C2)n1. The van der Waals surface area contributed by atoms with Gasteiger partial charge in [-0.3, -0.25) is 14.5 Å². The van der Waals surface area contributed by atoms with Gasteiger partial charge in [-0.2, -0.15) is 13.2 Å². The molecule has 0 aromatic carbocycles. The molecule has 1 aromatic rings. The van der Waals surface area contributed by atoms with Gasteiger partial charge in [0.05, 0.1) is 19.0 Å². The first-order chi connectivity index (χ1) is 11.6. The molecule has 2 amide bonds. The zero-order valence-electron chi connectivity index (χ0n) is 13.8. The molecule has 10 heteroatoms. The van der Waals surface area contributed by atoms with Crippen molar-refractivity contribution < 1.29 is 22.8 Å². The molecule has 25 heavy (non-hydrogen) atoms. The number of alkyl halides is 3. The molecular weight excluding hydrogens is 339 g/mol. The molecule has 7 nitrogen and oxygen atoms in total. The van der Waals surface area contributed by atoms with Crippen LogP contribution in [0, 0.1) is 12.8 Å². The molecule has 3 N–H and O–H groups in total. The van der Waals surface area contributed by atoms with E-state index in [-0.39, 0.29) is 36.4 Å². The molecule has 1 aromatic heterocycles. The van der Waals surface area contributed by atoms with E-state index in [1.165, 1.54) is 6.92 Å². The van der Waals surface area contributed by atoms with Crippen LogP contribution in [0.2, 0.25) is 0 Å². The topological polar surface area (TPSA) is 101 Å². The van der Waals surface area contributed by atoms with Gasteiger partial charge in [0.15, 0.2) is 0 Å². The average Bonchev–Trinajstić information content (AvgIpc) is 2.51. The maximum atomic E-state index is 12.8. The van der Waals surface area contributed by atoms with Gasteiger partial charge in [0, 0.05) is 12.2 Å². The van der Waals surface area contributed by atoms with E-state index in [4.69, 9.17) is 5.73 Å². The van der Waals surface area contributed by atoms with Crippen molar-refractivity contribution >= 4 is 11.8 Å². The second kappa shape index (κ2) is 7.77. The number of hydrogen-bond acceptors (Lipinski definition) is 5. The van der Waals surface area contributed by atoms with Gasteiger partial charge in [0.2, 0.25) is 11.8 Å². The van der Waals surface area contributed by atoms with Gasteiger partial charge >= 0.3 is 6.18 Å². The number of rotatable bonds is 5. The Morgan fingerprint density at radius 3 is 2.76 bits per heavy atom. The number of carbonyl (C=O) groups excluding carboxylic acids is 2. The van der Waals surface area contributed by atoms with Gasteiger partial charge in [0.1, 0.15) is 11.5 Å². The zero-order valence-corrected chi connectivity index (χ0v) is 13.8. The van der Waals surface area contributed by atoms with E-state index < -0.39 is 17.8 Å². The number of hydrogen-bond donors (Lipinski definition) is 2. The van der Waals surface area contributed by atoms with Crippen LogP contribution in [0.3, 0.4) is 0 Å². The number of aryl methyl sites for hydroxylation is 1. The lowest BCUT2D eigenvalue weighted by Gasteiger charge is -2.30. The maximum Gasteiger partial charge on any atom is 0.433 e. The highest BCUT2D eigenvalue weighted by molar-refractivity contribution is 5.79. The lowest BCUT2D eigenvalue weighted by Crippen LogP contribution is -2.45. The zero-order chi connectivity index (χ0) is 18.6. The van der Waals surface area contributed by atoms with Crippen molar-refractivity contribution in [2.75, 3.05) is 19.6 Å². The Kier molecular flexibility index (Phi) is 5.93. The number of halogens is 3. The number of carbonyl (C=O) groups is 2. The third-order valence-electron chi connectivity index (χ3n) is 3.87. The van der Waals surface area contributed by atoms with E-state index in [9.17, 15) is 22.8 Å². The number of nitrogens with two attached hydrogens (primary N) is 1. The first-order valence-electron chi connectivity index (χ1n) is 7.85. The molecule has 0 saturated carbocycles. The van der Waals surface area contributed by atoms with Crippen LogP contribution >= 0.6 is 0 Å². The van der Waals surface area contributed by atoms with Crippen LogP contribution in [0.5, 0.6) is 0 Å². The number of aromatic nitrogens is 2. The van der Waals surface area contributed by atoms with Gasteiger partial charge < -0.3 is 11.1 Å². The van der Waals surface area contributed by atoms with E-state index in [0.29, 0.717) is 19.5 Å². The van der Waals surface area contributed by atoms with Gasteiger partial charge in [-0.15, -0.1) is 0 Å². The van der Waals surface area contributed by atoms with Crippen LogP contribution in [-0.2, 0) is 22.3 Å². The summed E-state index contributed by atoms with van der Waals surface area (Å²) in [5, 5.41) is 2.57. The second-order valence-corrected chi connectivity index (χ2v) is 6.07. The van der Waals surface area contributed by atoms with Crippen LogP contribution in [0.4, 0.5) is 13.2 Å². The highest BCUT2D eigenvalue weighted by atomic mass is 19.4. The average molecular weight is 359 g/mol. The molecule has 2 heterocycles. The van der Waals surface area contributed by atoms with Crippen LogP contribution in [0.25, 0.3) is 0 Å². The Labute approximate surface area is 142 Å². The van der Waals surface area contributed by atoms with Gasteiger partial charge in [-0.05, 0) is 32.4 Å². The molecular formula is C15H20F3N5O2. The summed E-state index contributed by atoms with van der Waals surface area (Å²) in [6, 6.07) is 0.855. The fourth-order valence-corrected chi connectivity index (χ4v) is 2.80. The number of nitrogens with zero attached hydrogens (tertiary/aromatic N) is 3. The smallest absolute Gasteiger partial charge is 0.369 e. The quantitative estimate of drug-likeness (QED) is 0.802. The molecule has 138 valence electrons. The second-order valence-electron chi connectivity index (χ2n) is 6.07. The van der Waals surface area contributed by atoms with E-state index in [2.05, 4.69) is 15.3 Å². The van der Waals surface area contributed by atoms with Crippen molar-refractivity contribution in [2.24, 2.45) is 11.7 Å². The monoisotopic (exact) mass is 359 g/mol. The van der Waals surface area contributed by atoms with E-state index >= 15 is 0 Å². The first kappa shape index (κ1) is 19.1. The molecule has 1 aliphatic rings. The normalized spacial score (nSPS) is 18.8. The number of primary amides is 1. The fraction of sp³-hybridized carbons (Fsp3) is 0.600. The lowest BCUT2D eigenvalue weighted by molar-refractivity contribution is -0.141. The Hall–Kier alpha value is -2.23.